The van der Waals surface area contributed by atoms with Crippen molar-refractivity contribution in [3.8, 4) is 0 Å². The molecule has 1 aliphatic carbocycles. The molecule has 0 radical (unpaired) electrons. The van der Waals surface area contributed by atoms with Crippen molar-refractivity contribution in [3.05, 3.63) is 69.9 Å². The van der Waals surface area contributed by atoms with Crippen LogP contribution in [-0.4, -0.2) is 39.0 Å². The minimum Gasteiger partial charge on any atom is -0.370 e. The zero-order valence-electron chi connectivity index (χ0n) is 17.2. The lowest BCUT2D eigenvalue weighted by molar-refractivity contribution is 0.101. The Morgan fingerprint density at radius 3 is 2.66 bits per heavy atom. The molecule has 0 aromatic carbocycles. The Bertz CT molecular complexity index is 1060. The summed E-state index contributed by atoms with van der Waals surface area (Å²) in [5, 5.41) is 7.99. The number of nitrogens with zero attached hydrogens (tertiary/aromatic N) is 4. The van der Waals surface area contributed by atoms with E-state index in [1.807, 2.05) is 6.07 Å². The number of fused-ring (bicyclic) bond motifs is 1. The minimum absolute atomic E-state index is 0.184. The molecule has 29 heavy (non-hydrogen) atoms. The van der Waals surface area contributed by atoms with E-state index in [9.17, 15) is 9.59 Å². The zero-order chi connectivity index (χ0) is 20.7. The van der Waals surface area contributed by atoms with E-state index in [2.05, 4.69) is 40.2 Å². The molecule has 1 atom stereocenters. The average molecular weight is 390 g/mol. The van der Waals surface area contributed by atoms with E-state index >= 15 is 0 Å². The van der Waals surface area contributed by atoms with Crippen LogP contribution in [0.25, 0.3) is 11.3 Å². The fourth-order valence-electron chi connectivity index (χ4n) is 4.19. The van der Waals surface area contributed by atoms with Gasteiger partial charge in [0.05, 0.1) is 35.4 Å². The number of allylic oxidation sites excluding steroid dienone is 2. The maximum absolute atomic E-state index is 12.7. The Labute approximate surface area is 170 Å². The van der Waals surface area contributed by atoms with E-state index in [4.69, 9.17) is 0 Å². The van der Waals surface area contributed by atoms with Crippen LogP contribution in [0, 0.1) is 5.92 Å². The number of ketones is 1. The van der Waals surface area contributed by atoms with Crippen molar-refractivity contribution < 1.29 is 4.79 Å². The first-order valence-corrected chi connectivity index (χ1v) is 10.1. The number of hydrogen-bond acceptors (Lipinski definition) is 5. The number of carbonyl (C=O) groups excluding carboxylic acids is 1. The molecular weight excluding hydrogens is 364 g/mol. The monoisotopic (exact) mass is 390 g/mol. The van der Waals surface area contributed by atoms with Gasteiger partial charge in [0.25, 0.3) is 0 Å². The molecule has 0 saturated heterocycles. The van der Waals surface area contributed by atoms with Crippen molar-refractivity contribution in [3.63, 3.8) is 0 Å². The van der Waals surface area contributed by atoms with Gasteiger partial charge in [-0.1, -0.05) is 13.5 Å². The number of hydrogen-bond donors (Lipinski definition) is 0. The minimum atomic E-state index is -0.240. The van der Waals surface area contributed by atoms with Crippen LogP contribution in [0.1, 0.15) is 60.8 Å². The number of carbonyl (C=O) groups is 1. The summed E-state index contributed by atoms with van der Waals surface area (Å²) in [5.41, 5.74) is 4.83. The molecule has 0 spiro atoms. The van der Waals surface area contributed by atoms with Crippen molar-refractivity contribution in [2.75, 3.05) is 13.6 Å². The van der Waals surface area contributed by atoms with Gasteiger partial charge in [-0.15, -0.1) is 0 Å². The molecule has 1 fully saturated rings. The highest BCUT2D eigenvalue weighted by atomic mass is 16.1. The normalized spacial score (nSPS) is 20.2. The lowest BCUT2D eigenvalue weighted by atomic mass is 9.91. The first kappa shape index (κ1) is 19.3. The van der Waals surface area contributed by atoms with Gasteiger partial charge in [-0.05, 0) is 43.7 Å². The second kappa shape index (κ2) is 7.43. The zero-order valence-corrected chi connectivity index (χ0v) is 17.2. The highest BCUT2D eigenvalue weighted by Crippen LogP contribution is 2.46. The molecule has 150 valence electrons. The highest BCUT2D eigenvalue weighted by molar-refractivity contribution is 5.98. The molecule has 2 aromatic heterocycles. The van der Waals surface area contributed by atoms with E-state index in [0.717, 1.165) is 53.9 Å². The molecule has 2 aliphatic rings. The SMILES string of the molecule is C=C(/C(=C1/c2cc(=O)c(C(C)=O)cn2[C@H](CC)CN1C)c1ccnnc1)C1CC1. The fourth-order valence-corrected chi connectivity index (χ4v) is 4.19. The third kappa shape index (κ3) is 3.43. The Morgan fingerprint density at radius 2 is 2.07 bits per heavy atom. The van der Waals surface area contributed by atoms with Crippen molar-refractivity contribution in [1.29, 1.82) is 0 Å². The van der Waals surface area contributed by atoms with Crippen LogP contribution in [0.5, 0.6) is 0 Å². The summed E-state index contributed by atoms with van der Waals surface area (Å²) in [5.74, 6) is 0.255. The van der Waals surface area contributed by atoms with E-state index in [1.165, 1.54) is 6.92 Å². The predicted molar refractivity (Wildman–Crippen MR) is 113 cm³/mol. The van der Waals surface area contributed by atoms with Gasteiger partial charge in [0.1, 0.15) is 0 Å². The lowest BCUT2D eigenvalue weighted by Gasteiger charge is -2.39. The summed E-state index contributed by atoms with van der Waals surface area (Å²) < 4.78 is 2.10. The molecule has 4 rings (SSSR count). The van der Waals surface area contributed by atoms with Crippen molar-refractivity contribution in [2.45, 2.75) is 39.2 Å². The Hall–Kier alpha value is -3.02. The van der Waals surface area contributed by atoms with Gasteiger partial charge in [0, 0.05) is 37.0 Å². The Kier molecular flexibility index (Phi) is 4.94. The molecule has 6 heteroatoms. The molecule has 0 bridgehead atoms. The Balaban J connectivity index is 2.03. The number of likely N-dealkylation sites (N-methyl/N-ethyl adjacent to an activating group) is 1. The first-order valence-electron chi connectivity index (χ1n) is 10.1. The molecule has 0 N–H and O–H groups in total. The summed E-state index contributed by atoms with van der Waals surface area (Å²) in [4.78, 5) is 26.9. The van der Waals surface area contributed by atoms with Gasteiger partial charge in [0.2, 0.25) is 0 Å². The average Bonchev–Trinajstić information content (AvgIpc) is 3.55. The molecule has 1 aliphatic heterocycles. The first-order chi connectivity index (χ1) is 13.9. The molecule has 1 saturated carbocycles. The van der Waals surface area contributed by atoms with Crippen LogP contribution in [-0.2, 0) is 0 Å². The number of aromatic nitrogens is 3. The van der Waals surface area contributed by atoms with E-state index in [0.29, 0.717) is 5.92 Å². The maximum atomic E-state index is 12.7. The summed E-state index contributed by atoms with van der Waals surface area (Å²) in [7, 11) is 2.06. The van der Waals surface area contributed by atoms with E-state index in [-0.39, 0.29) is 22.8 Å². The molecule has 0 amide bonds. The molecule has 3 heterocycles. The van der Waals surface area contributed by atoms with Gasteiger partial charge in [-0.25, -0.2) is 0 Å². The van der Waals surface area contributed by atoms with Crippen LogP contribution in [0.2, 0.25) is 0 Å². The van der Waals surface area contributed by atoms with Crippen LogP contribution >= 0.6 is 0 Å². The van der Waals surface area contributed by atoms with Crippen molar-refractivity contribution in [1.82, 2.24) is 19.7 Å². The molecule has 2 aromatic rings. The van der Waals surface area contributed by atoms with Crippen molar-refractivity contribution in [2.24, 2.45) is 5.92 Å². The quantitative estimate of drug-likeness (QED) is 0.730. The van der Waals surface area contributed by atoms with Gasteiger partial charge < -0.3 is 9.47 Å². The summed E-state index contributed by atoms with van der Waals surface area (Å²) in [6.45, 7) is 8.77. The number of pyridine rings is 1. The third-order valence-electron chi connectivity index (χ3n) is 5.93. The smallest absolute Gasteiger partial charge is 0.193 e. The van der Waals surface area contributed by atoms with E-state index < -0.39 is 0 Å². The van der Waals surface area contributed by atoms with Crippen LogP contribution < -0.4 is 5.43 Å². The lowest BCUT2D eigenvalue weighted by Crippen LogP contribution is -2.37. The molecule has 6 nitrogen and oxygen atoms in total. The summed E-state index contributed by atoms with van der Waals surface area (Å²) in [6.07, 6.45) is 8.34. The fraction of sp³-hybridized carbons (Fsp3) is 0.391. The third-order valence-corrected chi connectivity index (χ3v) is 5.93. The Morgan fingerprint density at radius 1 is 1.31 bits per heavy atom. The van der Waals surface area contributed by atoms with Gasteiger partial charge in [-0.3, -0.25) is 9.59 Å². The van der Waals surface area contributed by atoms with Crippen LogP contribution in [0.4, 0.5) is 0 Å². The second-order valence-corrected chi connectivity index (χ2v) is 8.00. The molecular formula is C23H26N4O2. The molecule has 0 unspecified atom stereocenters. The van der Waals surface area contributed by atoms with Gasteiger partial charge in [0.15, 0.2) is 11.2 Å². The van der Waals surface area contributed by atoms with E-state index in [1.54, 1.807) is 24.7 Å². The summed E-state index contributed by atoms with van der Waals surface area (Å²) in [6, 6.07) is 3.73. The topological polar surface area (TPSA) is 68.1 Å². The largest absolute Gasteiger partial charge is 0.370 e. The second-order valence-electron chi connectivity index (χ2n) is 8.00. The van der Waals surface area contributed by atoms with Gasteiger partial charge in [-0.2, -0.15) is 10.2 Å². The standard InChI is InChI=1S/C23H26N4O2/c1-5-18-12-26(4)23(20-10-21(29)19(15(3)28)13-27(18)20)22(14(2)16-6-7-16)17-8-9-24-25-11-17/h8-11,13,16,18H,2,5-7,12H2,1,3-4H3/b23-22+/t18-/m1/s1. The van der Waals surface area contributed by atoms with Crippen LogP contribution in [0.3, 0.4) is 0 Å². The number of Topliss-reactive ketones (excluding diaryl/α,β-unsaturated/α-hetero) is 1. The highest BCUT2D eigenvalue weighted by Gasteiger charge is 2.34. The van der Waals surface area contributed by atoms with Gasteiger partial charge >= 0.3 is 0 Å². The number of rotatable bonds is 5. The maximum Gasteiger partial charge on any atom is 0.193 e. The van der Waals surface area contributed by atoms with Crippen LogP contribution in [0.15, 0.2) is 47.7 Å². The van der Waals surface area contributed by atoms with Crippen molar-refractivity contribution >= 4 is 17.1 Å². The predicted octanol–water partition coefficient (Wildman–Crippen LogP) is 3.57. The summed E-state index contributed by atoms with van der Waals surface area (Å²) >= 11 is 0.